The predicted octanol–water partition coefficient (Wildman–Crippen LogP) is 2.58. The van der Waals surface area contributed by atoms with Gasteiger partial charge in [0.25, 0.3) is 0 Å². The van der Waals surface area contributed by atoms with Crippen LogP contribution in [-0.4, -0.2) is 23.9 Å². The van der Waals surface area contributed by atoms with Crippen molar-refractivity contribution >= 4 is 17.2 Å². The average Bonchev–Trinajstić information content (AvgIpc) is 3.09. The first-order valence-electron chi connectivity index (χ1n) is 6.83. The van der Waals surface area contributed by atoms with Gasteiger partial charge in [0.15, 0.2) is 0 Å². The van der Waals surface area contributed by atoms with Crippen LogP contribution in [-0.2, 0) is 17.8 Å². The lowest BCUT2D eigenvalue weighted by Crippen LogP contribution is -2.40. The van der Waals surface area contributed by atoms with Crippen LogP contribution in [0.2, 0.25) is 0 Å². The zero-order valence-corrected chi connectivity index (χ0v) is 12.3. The van der Waals surface area contributed by atoms with Gasteiger partial charge >= 0.3 is 0 Å². The summed E-state index contributed by atoms with van der Waals surface area (Å²) >= 11 is 1.82. The Morgan fingerprint density at radius 1 is 1.55 bits per heavy atom. The molecule has 0 aliphatic carbocycles. The summed E-state index contributed by atoms with van der Waals surface area (Å²) in [5.74, 6) is 0.838. The SMILES string of the molecule is CC(NC(=O)CN1CCc2sccc2C1)c1ccco1. The summed E-state index contributed by atoms with van der Waals surface area (Å²) in [6.45, 7) is 4.21. The van der Waals surface area contributed by atoms with Crippen LogP contribution >= 0.6 is 11.3 Å². The Balaban J connectivity index is 1.52. The summed E-state index contributed by atoms with van der Waals surface area (Å²) < 4.78 is 5.30. The standard InChI is InChI=1S/C15H18N2O2S/c1-11(13-3-2-7-19-13)16-15(18)10-17-6-4-14-12(9-17)5-8-20-14/h2-3,5,7-8,11H,4,6,9-10H2,1H3,(H,16,18). The van der Waals surface area contributed by atoms with E-state index in [2.05, 4.69) is 21.7 Å². The minimum Gasteiger partial charge on any atom is -0.467 e. The van der Waals surface area contributed by atoms with Gasteiger partial charge in [-0.1, -0.05) is 0 Å². The Hall–Kier alpha value is -1.59. The molecule has 20 heavy (non-hydrogen) atoms. The van der Waals surface area contributed by atoms with E-state index in [1.165, 1.54) is 10.4 Å². The Labute approximate surface area is 122 Å². The summed E-state index contributed by atoms with van der Waals surface area (Å²) in [7, 11) is 0. The molecule has 0 fully saturated rings. The Morgan fingerprint density at radius 3 is 3.25 bits per heavy atom. The third-order valence-corrected chi connectivity index (χ3v) is 4.62. The van der Waals surface area contributed by atoms with E-state index in [1.54, 1.807) is 6.26 Å². The van der Waals surface area contributed by atoms with Crippen molar-refractivity contribution in [2.75, 3.05) is 13.1 Å². The molecule has 106 valence electrons. The molecular formula is C15H18N2O2S. The van der Waals surface area contributed by atoms with Gasteiger partial charge in [-0.3, -0.25) is 9.69 Å². The van der Waals surface area contributed by atoms with Crippen LogP contribution in [0.25, 0.3) is 0 Å². The number of rotatable bonds is 4. The monoisotopic (exact) mass is 290 g/mol. The van der Waals surface area contributed by atoms with Gasteiger partial charge in [-0.2, -0.15) is 0 Å². The average molecular weight is 290 g/mol. The first kappa shape index (κ1) is 13.4. The van der Waals surface area contributed by atoms with Crippen molar-refractivity contribution in [2.45, 2.75) is 25.9 Å². The van der Waals surface area contributed by atoms with E-state index in [9.17, 15) is 4.79 Å². The molecule has 1 unspecified atom stereocenters. The van der Waals surface area contributed by atoms with Gasteiger partial charge in [-0.05, 0) is 42.5 Å². The fourth-order valence-corrected chi connectivity index (χ4v) is 3.43. The van der Waals surface area contributed by atoms with Crippen LogP contribution < -0.4 is 5.32 Å². The van der Waals surface area contributed by atoms with Crippen molar-refractivity contribution in [3.8, 4) is 0 Å². The van der Waals surface area contributed by atoms with E-state index in [0.717, 1.165) is 25.3 Å². The molecule has 5 heteroatoms. The lowest BCUT2D eigenvalue weighted by Gasteiger charge is -2.26. The molecule has 0 saturated carbocycles. The van der Waals surface area contributed by atoms with Crippen LogP contribution in [0.4, 0.5) is 0 Å². The van der Waals surface area contributed by atoms with Crippen LogP contribution in [0.15, 0.2) is 34.3 Å². The fourth-order valence-electron chi connectivity index (χ4n) is 2.54. The number of thiophene rings is 1. The number of fused-ring (bicyclic) bond motifs is 1. The summed E-state index contributed by atoms with van der Waals surface area (Å²) in [5.41, 5.74) is 1.37. The number of hydrogen-bond acceptors (Lipinski definition) is 4. The van der Waals surface area contributed by atoms with Gasteiger partial charge in [0, 0.05) is 18.0 Å². The molecule has 0 bridgehead atoms. The molecule has 2 aromatic heterocycles. The van der Waals surface area contributed by atoms with E-state index >= 15 is 0 Å². The van der Waals surface area contributed by atoms with Crippen molar-refractivity contribution in [1.82, 2.24) is 10.2 Å². The third kappa shape index (κ3) is 2.94. The largest absolute Gasteiger partial charge is 0.467 e. The molecule has 1 aliphatic rings. The van der Waals surface area contributed by atoms with Crippen LogP contribution in [0, 0.1) is 0 Å². The molecule has 0 spiro atoms. The smallest absolute Gasteiger partial charge is 0.234 e. The Kier molecular flexibility index (Phi) is 3.89. The van der Waals surface area contributed by atoms with E-state index in [1.807, 2.05) is 30.4 Å². The number of furan rings is 1. The van der Waals surface area contributed by atoms with Crippen molar-refractivity contribution in [3.63, 3.8) is 0 Å². The number of amides is 1. The molecule has 0 saturated heterocycles. The summed E-state index contributed by atoms with van der Waals surface area (Å²) in [4.78, 5) is 15.7. The first-order chi connectivity index (χ1) is 9.72. The summed E-state index contributed by atoms with van der Waals surface area (Å²) in [6, 6.07) is 5.79. The highest BCUT2D eigenvalue weighted by Gasteiger charge is 2.20. The number of nitrogens with one attached hydrogen (secondary N) is 1. The van der Waals surface area contributed by atoms with Crippen LogP contribution in [0.1, 0.15) is 29.2 Å². The maximum atomic E-state index is 12.1. The van der Waals surface area contributed by atoms with E-state index in [4.69, 9.17) is 4.42 Å². The van der Waals surface area contributed by atoms with Crippen LogP contribution in [0.3, 0.4) is 0 Å². The number of nitrogens with zero attached hydrogens (tertiary/aromatic N) is 1. The summed E-state index contributed by atoms with van der Waals surface area (Å²) in [6.07, 6.45) is 2.68. The second kappa shape index (κ2) is 5.81. The maximum Gasteiger partial charge on any atom is 0.234 e. The first-order valence-corrected chi connectivity index (χ1v) is 7.70. The van der Waals surface area contributed by atoms with Crippen LogP contribution in [0.5, 0.6) is 0 Å². The van der Waals surface area contributed by atoms with Gasteiger partial charge in [-0.15, -0.1) is 11.3 Å². The van der Waals surface area contributed by atoms with Crippen molar-refractivity contribution < 1.29 is 9.21 Å². The Morgan fingerprint density at radius 2 is 2.45 bits per heavy atom. The minimum absolute atomic E-state index is 0.0487. The molecule has 0 aromatic carbocycles. The van der Waals surface area contributed by atoms with Crippen molar-refractivity contribution in [2.24, 2.45) is 0 Å². The Bertz CT molecular complexity index is 576. The van der Waals surface area contributed by atoms with Gasteiger partial charge in [0.1, 0.15) is 5.76 Å². The van der Waals surface area contributed by atoms with E-state index < -0.39 is 0 Å². The summed E-state index contributed by atoms with van der Waals surface area (Å²) in [5, 5.41) is 5.11. The van der Waals surface area contributed by atoms with E-state index in [-0.39, 0.29) is 11.9 Å². The molecular weight excluding hydrogens is 272 g/mol. The fraction of sp³-hybridized carbons (Fsp3) is 0.400. The van der Waals surface area contributed by atoms with Gasteiger partial charge < -0.3 is 9.73 Å². The van der Waals surface area contributed by atoms with Gasteiger partial charge in [0.2, 0.25) is 5.91 Å². The normalized spacial score (nSPS) is 16.6. The number of carbonyl (C=O) groups excluding carboxylic acids is 1. The molecule has 1 atom stereocenters. The van der Waals surface area contributed by atoms with Gasteiger partial charge in [0.05, 0.1) is 18.8 Å². The molecule has 1 N–H and O–H groups in total. The lowest BCUT2D eigenvalue weighted by molar-refractivity contribution is -0.123. The topological polar surface area (TPSA) is 45.5 Å². The molecule has 1 aliphatic heterocycles. The lowest BCUT2D eigenvalue weighted by atomic mass is 10.1. The molecule has 4 nitrogen and oxygen atoms in total. The molecule has 1 amide bonds. The molecule has 3 heterocycles. The maximum absolute atomic E-state index is 12.1. The molecule has 2 aromatic rings. The molecule has 3 rings (SSSR count). The zero-order chi connectivity index (χ0) is 13.9. The predicted molar refractivity (Wildman–Crippen MR) is 78.6 cm³/mol. The third-order valence-electron chi connectivity index (χ3n) is 3.60. The highest BCUT2D eigenvalue weighted by molar-refractivity contribution is 7.10. The molecule has 0 radical (unpaired) electrons. The number of carbonyl (C=O) groups is 1. The van der Waals surface area contributed by atoms with Gasteiger partial charge in [-0.25, -0.2) is 0 Å². The zero-order valence-electron chi connectivity index (χ0n) is 11.5. The van der Waals surface area contributed by atoms with E-state index in [0.29, 0.717) is 6.54 Å². The quantitative estimate of drug-likeness (QED) is 0.941. The minimum atomic E-state index is -0.0843. The highest BCUT2D eigenvalue weighted by Crippen LogP contribution is 2.23. The second-order valence-electron chi connectivity index (χ2n) is 5.13. The number of hydrogen-bond donors (Lipinski definition) is 1. The van der Waals surface area contributed by atoms with Crippen molar-refractivity contribution in [3.05, 3.63) is 46.0 Å². The highest BCUT2D eigenvalue weighted by atomic mass is 32.1. The second-order valence-corrected chi connectivity index (χ2v) is 6.13. The van der Waals surface area contributed by atoms with Crippen molar-refractivity contribution in [1.29, 1.82) is 0 Å².